The molecule has 0 saturated carbocycles. The van der Waals surface area contributed by atoms with Crippen molar-refractivity contribution in [1.29, 1.82) is 0 Å². The van der Waals surface area contributed by atoms with Gasteiger partial charge >= 0.3 is 10.1 Å². The molecule has 0 spiro atoms. The van der Waals surface area contributed by atoms with Crippen LogP contribution in [-0.2, 0) is 16.7 Å². The first kappa shape index (κ1) is 14.0. The fourth-order valence-corrected chi connectivity index (χ4v) is 3.47. The van der Waals surface area contributed by atoms with Crippen molar-refractivity contribution < 1.29 is 17.2 Å². The van der Waals surface area contributed by atoms with Crippen LogP contribution in [0.5, 0.6) is 5.75 Å². The predicted octanol–water partition coefficient (Wildman–Crippen LogP) is 2.58. The molecule has 108 valence electrons. The van der Waals surface area contributed by atoms with Gasteiger partial charge in [0.25, 0.3) is 0 Å². The smallest absolute Gasteiger partial charge is 0.306 e. The molecule has 0 radical (unpaired) electrons. The van der Waals surface area contributed by atoms with E-state index in [2.05, 4.69) is 22.2 Å². The minimum Gasteiger partial charge on any atom is -0.383 e. The molecule has 1 heterocycles. The number of thiazole rings is 1. The van der Waals surface area contributed by atoms with E-state index in [1.54, 1.807) is 23.5 Å². The highest BCUT2D eigenvalue weighted by molar-refractivity contribution is 7.86. The van der Waals surface area contributed by atoms with E-state index in [1.165, 1.54) is 10.2 Å². The van der Waals surface area contributed by atoms with Gasteiger partial charge in [0, 0.05) is 11.6 Å². The van der Waals surface area contributed by atoms with E-state index in [9.17, 15) is 8.42 Å². The Morgan fingerprint density at radius 1 is 1.10 bits per heavy atom. The van der Waals surface area contributed by atoms with Gasteiger partial charge in [0.05, 0.1) is 6.26 Å². The summed E-state index contributed by atoms with van der Waals surface area (Å²) in [6.45, 7) is 0.739. The molecular weight excluding hydrogens is 306 g/mol. The summed E-state index contributed by atoms with van der Waals surface area (Å²) in [6.07, 6.45) is 1.04. The first-order valence-corrected chi connectivity index (χ1v) is 9.05. The zero-order chi connectivity index (χ0) is 14.9. The zero-order valence-corrected chi connectivity index (χ0v) is 13.0. The van der Waals surface area contributed by atoms with Gasteiger partial charge < -0.3 is 4.18 Å². The van der Waals surface area contributed by atoms with Crippen molar-refractivity contribution in [1.82, 2.24) is 0 Å². The molecule has 0 aliphatic heterocycles. The molecule has 1 aromatic heterocycles. The summed E-state index contributed by atoms with van der Waals surface area (Å²) in [5.41, 5.74) is 4.37. The fraction of sp³-hybridized carbons (Fsp3) is 0.133. The van der Waals surface area contributed by atoms with Crippen molar-refractivity contribution in [3.63, 3.8) is 0 Å². The van der Waals surface area contributed by atoms with Crippen molar-refractivity contribution in [2.45, 2.75) is 6.54 Å². The molecule has 0 saturated heterocycles. The van der Waals surface area contributed by atoms with Gasteiger partial charge in [0.1, 0.15) is 10.4 Å². The molecule has 4 nitrogen and oxygen atoms in total. The van der Waals surface area contributed by atoms with E-state index in [4.69, 9.17) is 4.18 Å². The number of fused-ring (bicyclic) bond motifs is 1. The third-order valence-electron chi connectivity index (χ3n) is 3.01. The summed E-state index contributed by atoms with van der Waals surface area (Å²) in [4.78, 5) is 0. The van der Waals surface area contributed by atoms with E-state index in [1.807, 2.05) is 24.3 Å². The lowest BCUT2D eigenvalue weighted by atomic mass is 10.2. The maximum atomic E-state index is 11.1. The molecule has 0 amide bonds. The van der Waals surface area contributed by atoms with Gasteiger partial charge in [-0.25, -0.2) is 0 Å². The average molecular weight is 320 g/mol. The Labute approximate surface area is 127 Å². The largest absolute Gasteiger partial charge is 0.383 e. The highest BCUT2D eigenvalue weighted by Gasteiger charge is 2.12. The van der Waals surface area contributed by atoms with Gasteiger partial charge in [0.2, 0.25) is 11.0 Å². The van der Waals surface area contributed by atoms with Gasteiger partial charge in [-0.15, -0.1) is 0 Å². The number of aromatic nitrogens is 1. The summed E-state index contributed by atoms with van der Waals surface area (Å²) in [5.74, 6) is 0.335. The van der Waals surface area contributed by atoms with E-state index in [-0.39, 0.29) is 0 Å². The van der Waals surface area contributed by atoms with Gasteiger partial charge in [-0.05, 0) is 30.3 Å². The topological polar surface area (TPSA) is 47.3 Å². The van der Waals surface area contributed by atoms with Gasteiger partial charge in [-0.1, -0.05) is 23.5 Å². The van der Waals surface area contributed by atoms with Crippen LogP contribution in [0.4, 0.5) is 0 Å². The standard InChI is InChI=1S/C15H14NO3S2/c1-21(17,18)19-13-8-6-12(7-9-13)10-16-11-20-15-5-3-2-4-14(15)16/h2-9,11H,10H2,1H3/q+1. The monoisotopic (exact) mass is 320 g/mol. The third-order valence-corrected chi connectivity index (χ3v) is 4.46. The van der Waals surface area contributed by atoms with Crippen molar-refractivity contribution in [3.05, 3.63) is 59.6 Å². The van der Waals surface area contributed by atoms with Crippen LogP contribution in [-0.4, -0.2) is 14.7 Å². The van der Waals surface area contributed by atoms with E-state index in [0.717, 1.165) is 18.4 Å². The Balaban J connectivity index is 1.82. The van der Waals surface area contributed by atoms with E-state index in [0.29, 0.717) is 5.75 Å². The summed E-state index contributed by atoms with van der Waals surface area (Å²) in [6, 6.07) is 15.3. The number of para-hydroxylation sites is 1. The van der Waals surface area contributed by atoms with Gasteiger partial charge in [0.15, 0.2) is 6.54 Å². The minimum atomic E-state index is -3.47. The van der Waals surface area contributed by atoms with Crippen LogP contribution in [0.25, 0.3) is 10.2 Å². The Morgan fingerprint density at radius 2 is 1.81 bits per heavy atom. The minimum absolute atomic E-state index is 0.335. The quantitative estimate of drug-likeness (QED) is 0.548. The molecular formula is C15H14NO3S2+. The number of hydrogen-bond donors (Lipinski definition) is 0. The Morgan fingerprint density at radius 3 is 2.52 bits per heavy atom. The third kappa shape index (κ3) is 3.40. The Hall–Kier alpha value is -1.92. The first-order chi connectivity index (χ1) is 10.0. The van der Waals surface area contributed by atoms with Crippen LogP contribution < -0.4 is 8.75 Å². The van der Waals surface area contributed by atoms with Gasteiger partial charge in [-0.3, -0.25) is 0 Å². The molecule has 0 atom stereocenters. The summed E-state index contributed by atoms with van der Waals surface area (Å²) < 4.78 is 30.4. The van der Waals surface area contributed by atoms with Crippen molar-refractivity contribution >= 4 is 31.7 Å². The second-order valence-electron chi connectivity index (χ2n) is 4.75. The number of hydrogen-bond acceptors (Lipinski definition) is 4. The second-order valence-corrected chi connectivity index (χ2v) is 7.21. The highest BCUT2D eigenvalue weighted by atomic mass is 32.2. The van der Waals surface area contributed by atoms with Crippen LogP contribution in [0.1, 0.15) is 5.56 Å². The normalized spacial score (nSPS) is 11.7. The van der Waals surface area contributed by atoms with Crippen LogP contribution >= 0.6 is 11.3 Å². The molecule has 3 aromatic rings. The maximum absolute atomic E-state index is 11.1. The maximum Gasteiger partial charge on any atom is 0.306 e. The molecule has 0 fully saturated rings. The molecule has 3 rings (SSSR count). The summed E-state index contributed by atoms with van der Waals surface area (Å²) in [7, 11) is -3.47. The lowest BCUT2D eigenvalue weighted by molar-refractivity contribution is -0.658. The van der Waals surface area contributed by atoms with Gasteiger partial charge in [-0.2, -0.15) is 13.0 Å². The lowest BCUT2D eigenvalue weighted by Crippen LogP contribution is -2.31. The summed E-state index contributed by atoms with van der Waals surface area (Å²) in [5, 5.41) is 0. The van der Waals surface area contributed by atoms with Crippen LogP contribution in [0.3, 0.4) is 0 Å². The molecule has 0 N–H and O–H groups in total. The number of rotatable bonds is 4. The SMILES string of the molecule is CS(=O)(=O)Oc1ccc(C[n+]2csc3ccccc32)cc1. The summed E-state index contributed by atoms with van der Waals surface area (Å²) >= 11 is 1.70. The molecule has 2 aromatic carbocycles. The molecule has 21 heavy (non-hydrogen) atoms. The van der Waals surface area contributed by atoms with E-state index < -0.39 is 10.1 Å². The highest BCUT2D eigenvalue weighted by Crippen LogP contribution is 2.17. The fourth-order valence-electron chi connectivity index (χ4n) is 2.12. The van der Waals surface area contributed by atoms with Crippen LogP contribution in [0.15, 0.2) is 54.0 Å². The molecule has 0 aliphatic carbocycles. The molecule has 0 bridgehead atoms. The average Bonchev–Trinajstić information content (AvgIpc) is 2.83. The number of nitrogens with zero attached hydrogens (tertiary/aromatic N) is 1. The van der Waals surface area contributed by atoms with Crippen molar-refractivity contribution in [3.8, 4) is 5.75 Å². The van der Waals surface area contributed by atoms with Crippen molar-refractivity contribution in [2.24, 2.45) is 0 Å². The predicted molar refractivity (Wildman–Crippen MR) is 83.0 cm³/mol. The molecule has 6 heteroatoms. The number of benzene rings is 2. The van der Waals surface area contributed by atoms with Crippen LogP contribution in [0, 0.1) is 0 Å². The Kier molecular flexibility index (Phi) is 3.65. The zero-order valence-electron chi connectivity index (χ0n) is 11.4. The molecule has 0 aliphatic rings. The van der Waals surface area contributed by atoms with E-state index >= 15 is 0 Å². The Bertz CT molecular complexity index is 867. The van der Waals surface area contributed by atoms with Crippen LogP contribution in [0.2, 0.25) is 0 Å². The molecule has 0 unspecified atom stereocenters. The lowest BCUT2D eigenvalue weighted by Gasteiger charge is -2.03. The van der Waals surface area contributed by atoms with Crippen molar-refractivity contribution in [2.75, 3.05) is 6.26 Å². The first-order valence-electron chi connectivity index (χ1n) is 6.35. The second kappa shape index (κ2) is 5.46.